The molecule has 6 atom stereocenters. The molecule has 3 heteroatoms. The van der Waals surface area contributed by atoms with Crippen molar-refractivity contribution in [2.24, 2.45) is 34.0 Å². The van der Waals surface area contributed by atoms with Crippen molar-refractivity contribution in [1.29, 1.82) is 0 Å². The van der Waals surface area contributed by atoms with E-state index in [1.165, 1.54) is 18.5 Å². The lowest BCUT2D eigenvalue weighted by Crippen LogP contribution is -2.44. The highest BCUT2D eigenvalue weighted by Gasteiger charge is 2.61. The number of hydrogen-bond acceptors (Lipinski definition) is 3. The van der Waals surface area contributed by atoms with Gasteiger partial charge in [-0.15, -0.1) is 0 Å². The predicted octanol–water partition coefficient (Wildman–Crippen LogP) is 3.45. The summed E-state index contributed by atoms with van der Waals surface area (Å²) >= 11 is 0. The number of fused-ring (bicyclic) bond motifs is 8. The van der Waals surface area contributed by atoms with Crippen LogP contribution in [0.5, 0.6) is 0 Å². The highest BCUT2D eigenvalue weighted by atomic mass is 15.6. The molecule has 0 aromatic heterocycles. The molecule has 0 N–H and O–H groups in total. The van der Waals surface area contributed by atoms with Gasteiger partial charge in [0.2, 0.25) is 0 Å². The first-order valence-corrected chi connectivity index (χ1v) is 7.35. The Bertz CT molecular complexity index is 565. The number of hydrogen-bond donors (Lipinski definition) is 0. The van der Waals surface area contributed by atoms with Crippen molar-refractivity contribution in [3.63, 3.8) is 0 Å². The van der Waals surface area contributed by atoms with Crippen molar-refractivity contribution in [2.75, 3.05) is 5.01 Å². The van der Waals surface area contributed by atoms with Crippen LogP contribution in [-0.4, -0.2) is 12.1 Å². The third kappa shape index (κ3) is 1.18. The van der Waals surface area contributed by atoms with Crippen LogP contribution in [0.15, 0.2) is 52.8 Å². The Labute approximate surface area is 113 Å². The minimum absolute atomic E-state index is 0.439. The molecule has 1 aromatic carbocycles. The summed E-state index contributed by atoms with van der Waals surface area (Å²) in [6.45, 7) is 0. The van der Waals surface area contributed by atoms with Crippen molar-refractivity contribution < 1.29 is 0 Å². The fourth-order valence-electron chi connectivity index (χ4n) is 4.99. The number of benzene rings is 1. The van der Waals surface area contributed by atoms with Crippen LogP contribution in [0.2, 0.25) is 0 Å². The maximum Gasteiger partial charge on any atom is 0.0990 e. The monoisotopic (exact) mass is 251 g/mol. The number of allylic oxidation sites excluding steroid dienone is 2. The minimum atomic E-state index is 0.439. The van der Waals surface area contributed by atoms with Crippen LogP contribution in [0.3, 0.4) is 0 Å². The SMILES string of the molecule is C1=C[C@H]2[C@H]3C[C@@H]([C@H]2C1)[C@H]1[C@@H]3N=NN1c1ccccc1. The quantitative estimate of drug-likeness (QED) is 0.702. The number of nitrogens with zero attached hydrogens (tertiary/aromatic N) is 3. The molecule has 3 nitrogen and oxygen atoms in total. The summed E-state index contributed by atoms with van der Waals surface area (Å²) < 4.78 is 0. The minimum Gasteiger partial charge on any atom is -0.242 e. The van der Waals surface area contributed by atoms with Gasteiger partial charge in [0, 0.05) is 0 Å². The lowest BCUT2D eigenvalue weighted by atomic mass is 9.76. The van der Waals surface area contributed by atoms with E-state index in [2.05, 4.69) is 57.8 Å². The van der Waals surface area contributed by atoms with E-state index < -0.39 is 0 Å². The number of anilines is 1. The fraction of sp³-hybridized carbons (Fsp3) is 0.500. The number of para-hydroxylation sites is 1. The molecule has 19 heavy (non-hydrogen) atoms. The average molecular weight is 251 g/mol. The van der Waals surface area contributed by atoms with Gasteiger partial charge in [0.05, 0.1) is 17.8 Å². The summed E-state index contributed by atoms with van der Waals surface area (Å²) in [6.07, 6.45) is 7.47. The third-order valence-corrected chi connectivity index (χ3v) is 5.66. The van der Waals surface area contributed by atoms with Crippen molar-refractivity contribution in [1.82, 2.24) is 0 Å². The Balaban J connectivity index is 1.53. The average Bonchev–Trinajstić information content (AvgIpc) is 3.17. The molecule has 96 valence electrons. The molecule has 0 radical (unpaired) electrons. The van der Waals surface area contributed by atoms with Gasteiger partial charge in [-0.3, -0.25) is 0 Å². The molecule has 1 aliphatic heterocycles. The van der Waals surface area contributed by atoms with Gasteiger partial charge >= 0.3 is 0 Å². The van der Waals surface area contributed by atoms with Gasteiger partial charge < -0.3 is 0 Å². The first-order chi connectivity index (χ1) is 9.43. The van der Waals surface area contributed by atoms with E-state index in [9.17, 15) is 0 Å². The lowest BCUT2D eigenvalue weighted by Gasteiger charge is -2.35. The Morgan fingerprint density at radius 1 is 1.05 bits per heavy atom. The maximum atomic E-state index is 4.62. The van der Waals surface area contributed by atoms with Gasteiger partial charge in [-0.05, 0) is 48.6 Å². The van der Waals surface area contributed by atoms with Crippen molar-refractivity contribution in [3.8, 4) is 0 Å². The zero-order valence-electron chi connectivity index (χ0n) is 10.8. The van der Waals surface area contributed by atoms with Crippen molar-refractivity contribution >= 4 is 5.69 Å². The second kappa shape index (κ2) is 3.47. The molecule has 2 saturated carbocycles. The highest BCUT2D eigenvalue weighted by molar-refractivity contribution is 5.48. The predicted molar refractivity (Wildman–Crippen MR) is 73.7 cm³/mol. The van der Waals surface area contributed by atoms with Gasteiger partial charge in [0.1, 0.15) is 0 Å². The van der Waals surface area contributed by atoms with Gasteiger partial charge in [-0.25, -0.2) is 5.01 Å². The van der Waals surface area contributed by atoms with E-state index in [0.717, 1.165) is 23.7 Å². The van der Waals surface area contributed by atoms with Crippen LogP contribution in [0.4, 0.5) is 5.69 Å². The molecule has 0 spiro atoms. The van der Waals surface area contributed by atoms with Gasteiger partial charge in [-0.1, -0.05) is 35.6 Å². The summed E-state index contributed by atoms with van der Waals surface area (Å²) in [7, 11) is 0. The zero-order valence-corrected chi connectivity index (χ0v) is 10.8. The summed E-state index contributed by atoms with van der Waals surface area (Å²) in [4.78, 5) is 0. The van der Waals surface area contributed by atoms with Gasteiger partial charge in [-0.2, -0.15) is 5.11 Å². The van der Waals surface area contributed by atoms with Crippen LogP contribution < -0.4 is 5.01 Å². The van der Waals surface area contributed by atoms with Crippen LogP contribution in [0.25, 0.3) is 0 Å². The summed E-state index contributed by atoms with van der Waals surface area (Å²) in [6, 6.07) is 11.5. The Kier molecular flexibility index (Phi) is 1.86. The van der Waals surface area contributed by atoms with E-state index in [1.807, 2.05) is 0 Å². The Morgan fingerprint density at radius 3 is 2.84 bits per heavy atom. The smallest absolute Gasteiger partial charge is 0.0990 e. The first-order valence-electron chi connectivity index (χ1n) is 7.35. The largest absolute Gasteiger partial charge is 0.242 e. The molecule has 0 saturated heterocycles. The third-order valence-electron chi connectivity index (χ3n) is 5.66. The molecule has 3 aliphatic carbocycles. The highest BCUT2D eigenvalue weighted by Crippen LogP contribution is 2.60. The van der Waals surface area contributed by atoms with Crippen LogP contribution in [0, 0.1) is 23.7 Å². The van der Waals surface area contributed by atoms with Crippen molar-refractivity contribution in [3.05, 3.63) is 42.5 Å². The maximum absolute atomic E-state index is 4.62. The summed E-state index contributed by atoms with van der Waals surface area (Å²) in [5.74, 6) is 3.18. The van der Waals surface area contributed by atoms with Gasteiger partial charge in [0.15, 0.2) is 0 Å². The van der Waals surface area contributed by atoms with E-state index in [-0.39, 0.29) is 0 Å². The standard InChI is InChI=1S/C16H17N3/c1-2-5-10(6-3-1)19-16-14-9-13(15(16)17-18-19)11-7-4-8-12(11)14/h1-7,11-16H,8-9H2/t11-,12+,13-,14+,15-,16+/m1/s1. The normalized spacial score (nSPS) is 44.9. The molecular weight excluding hydrogens is 234 g/mol. The molecule has 0 unspecified atom stereocenters. The van der Waals surface area contributed by atoms with Crippen LogP contribution >= 0.6 is 0 Å². The van der Waals surface area contributed by atoms with Crippen LogP contribution in [-0.2, 0) is 0 Å². The molecule has 0 amide bonds. The molecular formula is C16H17N3. The number of rotatable bonds is 1. The molecule has 2 bridgehead atoms. The van der Waals surface area contributed by atoms with E-state index >= 15 is 0 Å². The summed E-state index contributed by atoms with van der Waals surface area (Å²) in [5.41, 5.74) is 1.20. The zero-order chi connectivity index (χ0) is 12.4. The molecule has 2 fully saturated rings. The van der Waals surface area contributed by atoms with Gasteiger partial charge in [0.25, 0.3) is 0 Å². The Morgan fingerprint density at radius 2 is 1.95 bits per heavy atom. The Hall–Kier alpha value is -1.64. The van der Waals surface area contributed by atoms with E-state index in [4.69, 9.17) is 0 Å². The molecule has 1 aromatic rings. The molecule has 4 aliphatic rings. The topological polar surface area (TPSA) is 28.0 Å². The molecule has 1 heterocycles. The lowest BCUT2D eigenvalue weighted by molar-refractivity contribution is 0.238. The second-order valence-corrected chi connectivity index (χ2v) is 6.33. The van der Waals surface area contributed by atoms with Crippen molar-refractivity contribution in [2.45, 2.75) is 24.9 Å². The fourth-order valence-corrected chi connectivity index (χ4v) is 4.99. The van der Waals surface area contributed by atoms with Crippen LogP contribution in [0.1, 0.15) is 12.8 Å². The van der Waals surface area contributed by atoms with E-state index in [1.54, 1.807) is 0 Å². The molecule has 5 rings (SSSR count). The second-order valence-electron chi connectivity index (χ2n) is 6.33. The first kappa shape index (κ1) is 10.2. The van der Waals surface area contributed by atoms with E-state index in [0.29, 0.717) is 12.1 Å². The summed E-state index contributed by atoms with van der Waals surface area (Å²) in [5, 5.41) is 11.3.